The number of hydrogen-bond acceptors (Lipinski definition) is 6. The van der Waals surface area contributed by atoms with Gasteiger partial charge in [0.2, 0.25) is 5.95 Å². The summed E-state index contributed by atoms with van der Waals surface area (Å²) in [6.07, 6.45) is 5.30. The Labute approximate surface area is 183 Å². The van der Waals surface area contributed by atoms with E-state index in [0.29, 0.717) is 23.1 Å². The van der Waals surface area contributed by atoms with Crippen molar-refractivity contribution in [2.75, 3.05) is 23.9 Å². The molecule has 0 spiro atoms. The summed E-state index contributed by atoms with van der Waals surface area (Å²) >= 11 is 0. The highest BCUT2D eigenvalue weighted by atomic mass is 19.1. The minimum Gasteiger partial charge on any atom is -0.486 e. The van der Waals surface area contributed by atoms with Gasteiger partial charge in [-0.05, 0) is 48.9 Å². The lowest BCUT2D eigenvalue weighted by Gasteiger charge is -2.35. The lowest BCUT2D eigenvalue weighted by Crippen LogP contribution is -2.34. The molecule has 0 aliphatic carbocycles. The molecule has 0 saturated carbocycles. The van der Waals surface area contributed by atoms with Crippen LogP contribution in [0.4, 0.5) is 26.2 Å². The van der Waals surface area contributed by atoms with Crippen LogP contribution >= 0.6 is 0 Å². The van der Waals surface area contributed by atoms with Crippen LogP contribution in [0.3, 0.4) is 0 Å². The molecular formula is C23H20F2N6O. The van der Waals surface area contributed by atoms with E-state index in [9.17, 15) is 8.78 Å². The zero-order chi connectivity index (χ0) is 22.2. The number of nitrogens with one attached hydrogen (secondary N) is 1. The average molecular weight is 434 g/mol. The number of fused-ring (bicyclic) bond motifs is 1. The molecule has 1 unspecified atom stereocenters. The second-order valence-electron chi connectivity index (χ2n) is 7.62. The molecule has 1 aliphatic rings. The van der Waals surface area contributed by atoms with Gasteiger partial charge in [0, 0.05) is 30.7 Å². The van der Waals surface area contributed by atoms with Crippen LogP contribution in [-0.4, -0.2) is 33.2 Å². The van der Waals surface area contributed by atoms with Crippen molar-refractivity contribution in [2.24, 2.45) is 0 Å². The van der Waals surface area contributed by atoms with E-state index in [-0.39, 0.29) is 12.6 Å². The van der Waals surface area contributed by atoms with Gasteiger partial charge in [-0.2, -0.15) is 4.98 Å². The quantitative estimate of drug-likeness (QED) is 0.508. The Hall–Kier alpha value is -4.01. The van der Waals surface area contributed by atoms with Crippen LogP contribution < -0.4 is 15.0 Å². The van der Waals surface area contributed by atoms with E-state index in [1.165, 1.54) is 12.1 Å². The van der Waals surface area contributed by atoms with Crippen LogP contribution in [0.25, 0.3) is 5.69 Å². The number of anilines is 3. The number of benzene rings is 2. The topological polar surface area (TPSA) is 68.1 Å². The molecule has 1 aliphatic heterocycles. The van der Waals surface area contributed by atoms with Gasteiger partial charge in [0.15, 0.2) is 11.6 Å². The minimum absolute atomic E-state index is 0.234. The molecule has 0 saturated heterocycles. The molecule has 1 N–H and O–H groups in total. The summed E-state index contributed by atoms with van der Waals surface area (Å²) in [5.41, 5.74) is 3.23. The average Bonchev–Trinajstić information content (AvgIpc) is 3.20. The second kappa shape index (κ2) is 7.92. The monoisotopic (exact) mass is 434 g/mol. The number of halogens is 2. The number of likely N-dealkylation sites (N-methyl/N-ethyl adjacent to an activating group) is 1. The zero-order valence-electron chi connectivity index (χ0n) is 17.5. The Bertz CT molecular complexity index is 1250. The maximum atomic E-state index is 13.7. The number of nitrogens with zero attached hydrogens (tertiary/aromatic N) is 5. The van der Waals surface area contributed by atoms with E-state index in [2.05, 4.69) is 20.3 Å². The Balaban J connectivity index is 1.37. The summed E-state index contributed by atoms with van der Waals surface area (Å²) in [4.78, 5) is 15.0. The maximum Gasteiger partial charge on any atom is 0.229 e. The molecule has 4 aromatic rings. The van der Waals surface area contributed by atoms with Gasteiger partial charge in [0.25, 0.3) is 0 Å². The van der Waals surface area contributed by atoms with E-state index >= 15 is 0 Å². The zero-order valence-corrected chi connectivity index (χ0v) is 17.5. The molecule has 0 fully saturated rings. The van der Waals surface area contributed by atoms with Gasteiger partial charge in [0.1, 0.15) is 18.2 Å². The fourth-order valence-corrected chi connectivity index (χ4v) is 3.70. The van der Waals surface area contributed by atoms with Crippen LogP contribution in [0.1, 0.15) is 17.3 Å². The van der Waals surface area contributed by atoms with Gasteiger partial charge >= 0.3 is 0 Å². The lowest BCUT2D eigenvalue weighted by molar-refractivity contribution is 0.264. The molecule has 1 atom stereocenters. The highest BCUT2D eigenvalue weighted by Crippen LogP contribution is 2.37. The van der Waals surface area contributed by atoms with Crippen LogP contribution in [0.2, 0.25) is 0 Å². The number of ether oxygens (including phenoxy) is 1. The molecule has 7 nitrogen and oxygen atoms in total. The van der Waals surface area contributed by atoms with Crippen LogP contribution in [0.15, 0.2) is 61.2 Å². The van der Waals surface area contributed by atoms with E-state index in [1.54, 1.807) is 12.5 Å². The number of rotatable bonds is 4. The van der Waals surface area contributed by atoms with Crippen LogP contribution in [0.5, 0.6) is 5.75 Å². The molecule has 2 aromatic heterocycles. The Kier molecular flexibility index (Phi) is 4.93. The molecule has 0 radical (unpaired) electrons. The van der Waals surface area contributed by atoms with Crippen molar-refractivity contribution in [1.82, 2.24) is 19.5 Å². The molecule has 3 heterocycles. The first kappa shape index (κ1) is 19.9. The first-order valence-corrected chi connectivity index (χ1v) is 10.0. The summed E-state index contributed by atoms with van der Waals surface area (Å²) in [5.74, 6) is 0.180. The fourth-order valence-electron chi connectivity index (χ4n) is 3.70. The van der Waals surface area contributed by atoms with Crippen LogP contribution in [-0.2, 0) is 0 Å². The van der Waals surface area contributed by atoms with Gasteiger partial charge in [-0.1, -0.05) is 0 Å². The van der Waals surface area contributed by atoms with E-state index in [0.717, 1.165) is 23.1 Å². The van der Waals surface area contributed by atoms with Gasteiger partial charge < -0.3 is 19.5 Å². The summed E-state index contributed by atoms with van der Waals surface area (Å²) in [5, 5.41) is 3.18. The smallest absolute Gasteiger partial charge is 0.229 e. The largest absolute Gasteiger partial charge is 0.486 e. The summed E-state index contributed by atoms with van der Waals surface area (Å²) in [7, 11) is 1.81. The van der Waals surface area contributed by atoms with E-state index in [1.807, 2.05) is 53.9 Å². The highest BCUT2D eigenvalue weighted by Gasteiger charge is 2.29. The van der Waals surface area contributed by atoms with Crippen molar-refractivity contribution in [3.05, 3.63) is 84.1 Å². The summed E-state index contributed by atoms with van der Waals surface area (Å²) in [6, 6.07) is 10.9. The van der Waals surface area contributed by atoms with Gasteiger partial charge in [0.05, 0.1) is 24.3 Å². The van der Waals surface area contributed by atoms with Crippen molar-refractivity contribution >= 4 is 17.5 Å². The third kappa shape index (κ3) is 3.84. The van der Waals surface area contributed by atoms with Gasteiger partial charge in [-0.3, -0.25) is 0 Å². The van der Waals surface area contributed by atoms with Gasteiger partial charge in [-0.25, -0.2) is 18.7 Å². The molecule has 162 valence electrons. The molecule has 32 heavy (non-hydrogen) atoms. The maximum absolute atomic E-state index is 13.7. The molecule has 5 rings (SSSR count). The van der Waals surface area contributed by atoms with Crippen molar-refractivity contribution in [3.63, 3.8) is 0 Å². The van der Waals surface area contributed by atoms with Gasteiger partial charge in [-0.15, -0.1) is 0 Å². The third-order valence-corrected chi connectivity index (χ3v) is 5.34. The van der Waals surface area contributed by atoms with Crippen molar-refractivity contribution < 1.29 is 13.5 Å². The normalized spacial score (nSPS) is 15.2. The predicted octanol–water partition coefficient (Wildman–Crippen LogP) is 4.56. The molecule has 9 heteroatoms. The van der Waals surface area contributed by atoms with Crippen molar-refractivity contribution in [2.45, 2.75) is 13.0 Å². The summed E-state index contributed by atoms with van der Waals surface area (Å²) in [6.45, 7) is 2.17. The number of hydrogen-bond donors (Lipinski definition) is 1. The Morgan fingerprint density at radius 3 is 2.50 bits per heavy atom. The number of aryl methyl sites for hydroxylation is 1. The van der Waals surface area contributed by atoms with E-state index in [4.69, 9.17) is 4.74 Å². The molecule has 0 bridgehead atoms. The fraction of sp³-hybridized carbons (Fsp3) is 0.174. The number of aromatic nitrogens is 4. The minimum atomic E-state index is -0.626. The second-order valence-corrected chi connectivity index (χ2v) is 7.62. The first-order chi connectivity index (χ1) is 15.5. The van der Waals surface area contributed by atoms with E-state index < -0.39 is 11.6 Å². The lowest BCUT2D eigenvalue weighted by atomic mass is 10.0. The third-order valence-electron chi connectivity index (χ3n) is 5.34. The molecular weight excluding hydrogens is 414 g/mol. The van der Waals surface area contributed by atoms with Crippen molar-refractivity contribution in [1.29, 1.82) is 0 Å². The van der Waals surface area contributed by atoms with Crippen LogP contribution in [0, 0.1) is 18.6 Å². The standard InChI is InChI=1S/C23H20F2N6O/c1-14-11-31(13-27-14)19-5-3-18(4-6-19)28-23-26-10-21-22(29-23)30(2)20(12-32-21)15-7-16(24)9-17(25)8-15/h3-11,13,20H,12H2,1-2H3,(H,26,28,29). The SMILES string of the molecule is Cc1cn(-c2ccc(Nc3ncc4c(n3)N(C)C(c3cc(F)cc(F)c3)CO4)cc2)cn1. The highest BCUT2D eigenvalue weighted by molar-refractivity contribution is 5.61. The Morgan fingerprint density at radius 1 is 1.06 bits per heavy atom. The first-order valence-electron chi connectivity index (χ1n) is 10.0. The molecule has 0 amide bonds. The Morgan fingerprint density at radius 2 is 1.81 bits per heavy atom. The van der Waals surface area contributed by atoms with Crippen molar-refractivity contribution in [3.8, 4) is 11.4 Å². The summed E-state index contributed by atoms with van der Waals surface area (Å²) < 4.78 is 35.1. The predicted molar refractivity (Wildman–Crippen MR) is 117 cm³/mol. The molecule has 2 aromatic carbocycles. The number of imidazole rings is 1.